The first kappa shape index (κ1) is 18.5. The number of nitrogens with one attached hydrogen (secondary N) is 2. The molecule has 30 heavy (non-hydrogen) atoms. The van der Waals surface area contributed by atoms with Gasteiger partial charge in [-0.2, -0.15) is 5.10 Å². The van der Waals surface area contributed by atoms with Crippen LogP contribution in [0.15, 0.2) is 48.0 Å². The van der Waals surface area contributed by atoms with Crippen LogP contribution in [0.3, 0.4) is 0 Å². The van der Waals surface area contributed by atoms with E-state index in [1.54, 1.807) is 17.5 Å². The molecule has 7 nitrogen and oxygen atoms in total. The molecule has 0 saturated carbocycles. The average molecular weight is 417 g/mol. The number of hydrogen-bond acceptors (Lipinski definition) is 5. The van der Waals surface area contributed by atoms with Gasteiger partial charge in [0.15, 0.2) is 5.65 Å². The van der Waals surface area contributed by atoms with Crippen LogP contribution in [0, 0.1) is 6.92 Å². The van der Waals surface area contributed by atoms with Crippen LogP contribution in [0.25, 0.3) is 32.8 Å². The van der Waals surface area contributed by atoms with Gasteiger partial charge < -0.3 is 10.3 Å². The highest BCUT2D eigenvalue weighted by Gasteiger charge is 2.16. The van der Waals surface area contributed by atoms with Gasteiger partial charge in [-0.3, -0.25) is 4.79 Å². The number of H-pyrrole nitrogens is 1. The lowest BCUT2D eigenvalue weighted by molar-refractivity contribution is 0.102. The van der Waals surface area contributed by atoms with E-state index in [4.69, 9.17) is 0 Å². The van der Waals surface area contributed by atoms with E-state index in [1.807, 2.05) is 53.4 Å². The Balaban J connectivity index is 1.44. The molecule has 1 amide bonds. The molecule has 5 rings (SSSR count). The van der Waals surface area contributed by atoms with E-state index in [2.05, 4.69) is 39.2 Å². The van der Waals surface area contributed by atoms with Gasteiger partial charge >= 0.3 is 0 Å². The van der Waals surface area contributed by atoms with Gasteiger partial charge in [-0.05, 0) is 56.5 Å². The van der Waals surface area contributed by atoms with Crippen LogP contribution < -0.4 is 5.32 Å². The SMILES string of the molecule is Cc1nc2c(cnn2C(C)C)cc1C(=O)Nc1ccc2nc(-c3cccs3)[nH]c2c1. The fraction of sp³-hybridized carbons (Fsp3) is 0.182. The first-order valence-corrected chi connectivity index (χ1v) is 10.6. The van der Waals surface area contributed by atoms with Gasteiger partial charge in [0.1, 0.15) is 5.82 Å². The number of benzene rings is 1. The van der Waals surface area contributed by atoms with Gasteiger partial charge in [-0.15, -0.1) is 11.3 Å². The highest BCUT2D eigenvalue weighted by Crippen LogP contribution is 2.26. The summed E-state index contributed by atoms with van der Waals surface area (Å²) in [7, 11) is 0. The van der Waals surface area contributed by atoms with E-state index in [9.17, 15) is 4.79 Å². The lowest BCUT2D eigenvalue weighted by Crippen LogP contribution is -2.14. The van der Waals surface area contributed by atoms with Gasteiger partial charge in [0.05, 0.1) is 33.4 Å². The summed E-state index contributed by atoms with van der Waals surface area (Å²) in [4.78, 5) is 26.6. The first-order valence-electron chi connectivity index (χ1n) is 9.69. The molecule has 0 radical (unpaired) electrons. The Bertz CT molecular complexity index is 1380. The number of carbonyl (C=O) groups excluding carboxylic acids is 1. The molecule has 0 saturated heterocycles. The Morgan fingerprint density at radius 3 is 2.83 bits per heavy atom. The molecule has 8 heteroatoms. The summed E-state index contributed by atoms with van der Waals surface area (Å²) in [6.45, 7) is 5.95. The van der Waals surface area contributed by atoms with Crippen LogP contribution in [-0.2, 0) is 0 Å². The molecule has 2 N–H and O–H groups in total. The number of anilines is 1. The topological polar surface area (TPSA) is 88.5 Å². The van der Waals surface area contributed by atoms with Crippen LogP contribution in [0.4, 0.5) is 5.69 Å². The molecule has 4 aromatic heterocycles. The highest BCUT2D eigenvalue weighted by molar-refractivity contribution is 7.13. The van der Waals surface area contributed by atoms with Crippen molar-refractivity contribution in [2.24, 2.45) is 0 Å². The van der Waals surface area contributed by atoms with Crippen LogP contribution in [0.5, 0.6) is 0 Å². The quantitative estimate of drug-likeness (QED) is 0.423. The molecule has 1 aromatic carbocycles. The zero-order valence-corrected chi connectivity index (χ0v) is 17.6. The van der Waals surface area contributed by atoms with E-state index >= 15 is 0 Å². The molecule has 0 aliphatic rings. The molecule has 0 spiro atoms. The summed E-state index contributed by atoms with van der Waals surface area (Å²) in [6.07, 6.45) is 1.75. The summed E-state index contributed by atoms with van der Waals surface area (Å²) < 4.78 is 1.86. The number of hydrogen-bond donors (Lipinski definition) is 2. The van der Waals surface area contributed by atoms with Gasteiger partial charge in [0.2, 0.25) is 0 Å². The van der Waals surface area contributed by atoms with Crippen LogP contribution in [0.2, 0.25) is 0 Å². The van der Waals surface area contributed by atoms with E-state index in [-0.39, 0.29) is 11.9 Å². The highest BCUT2D eigenvalue weighted by atomic mass is 32.1. The lowest BCUT2D eigenvalue weighted by atomic mass is 10.1. The maximum atomic E-state index is 12.9. The smallest absolute Gasteiger partial charge is 0.257 e. The fourth-order valence-corrected chi connectivity index (χ4v) is 4.16. The molecule has 0 bridgehead atoms. The minimum atomic E-state index is -0.198. The minimum Gasteiger partial charge on any atom is -0.337 e. The van der Waals surface area contributed by atoms with Crippen molar-refractivity contribution in [2.75, 3.05) is 5.32 Å². The van der Waals surface area contributed by atoms with Crippen molar-refractivity contribution in [1.29, 1.82) is 0 Å². The number of rotatable bonds is 4. The van der Waals surface area contributed by atoms with E-state index in [0.29, 0.717) is 16.9 Å². The second-order valence-corrected chi connectivity index (χ2v) is 8.41. The standard InChI is InChI=1S/C22H20N6OS/c1-12(2)28-21-14(11-23-28)9-16(13(3)24-21)22(29)25-15-6-7-17-18(10-15)27-20(26-17)19-5-4-8-30-19/h4-12H,1-3H3,(H,25,29)(H,26,27). The third-order valence-electron chi connectivity index (χ3n) is 4.99. The number of aryl methyl sites for hydroxylation is 1. The van der Waals surface area contributed by atoms with E-state index < -0.39 is 0 Å². The van der Waals surface area contributed by atoms with Crippen molar-refractivity contribution in [3.63, 3.8) is 0 Å². The predicted octanol–water partition coefficient (Wildman–Crippen LogP) is 5.18. The Morgan fingerprint density at radius 1 is 1.20 bits per heavy atom. The Labute approximate surface area is 176 Å². The second kappa shape index (κ2) is 7.07. The molecule has 0 fully saturated rings. The number of aromatic nitrogens is 5. The zero-order valence-electron chi connectivity index (χ0n) is 16.8. The van der Waals surface area contributed by atoms with Crippen molar-refractivity contribution in [2.45, 2.75) is 26.8 Å². The molecule has 0 atom stereocenters. The Hall–Kier alpha value is -3.52. The zero-order chi connectivity index (χ0) is 20.8. The van der Waals surface area contributed by atoms with Crippen molar-refractivity contribution < 1.29 is 4.79 Å². The van der Waals surface area contributed by atoms with Gasteiger partial charge in [-0.1, -0.05) is 6.07 Å². The number of aromatic amines is 1. The normalized spacial score (nSPS) is 11.6. The third kappa shape index (κ3) is 3.15. The molecular weight excluding hydrogens is 396 g/mol. The molecule has 4 heterocycles. The van der Waals surface area contributed by atoms with Crippen molar-refractivity contribution in [3.05, 3.63) is 59.2 Å². The Kier molecular flexibility index (Phi) is 4.36. The number of amides is 1. The maximum Gasteiger partial charge on any atom is 0.257 e. The van der Waals surface area contributed by atoms with E-state index in [1.165, 1.54) is 0 Å². The number of pyridine rings is 1. The minimum absolute atomic E-state index is 0.198. The summed E-state index contributed by atoms with van der Waals surface area (Å²) in [6, 6.07) is 11.7. The van der Waals surface area contributed by atoms with Crippen LogP contribution in [0.1, 0.15) is 35.9 Å². The Morgan fingerprint density at radius 2 is 2.07 bits per heavy atom. The number of nitrogens with zero attached hydrogens (tertiary/aromatic N) is 4. The summed E-state index contributed by atoms with van der Waals surface area (Å²) in [5, 5.41) is 10.2. The van der Waals surface area contributed by atoms with Crippen LogP contribution >= 0.6 is 11.3 Å². The molecule has 0 unspecified atom stereocenters. The van der Waals surface area contributed by atoms with Gasteiger partial charge in [-0.25, -0.2) is 14.6 Å². The lowest BCUT2D eigenvalue weighted by Gasteiger charge is -2.10. The van der Waals surface area contributed by atoms with Crippen molar-refractivity contribution in [1.82, 2.24) is 24.7 Å². The number of fused-ring (bicyclic) bond motifs is 2. The number of thiophene rings is 1. The summed E-state index contributed by atoms with van der Waals surface area (Å²) >= 11 is 1.63. The molecule has 5 aromatic rings. The predicted molar refractivity (Wildman–Crippen MR) is 120 cm³/mol. The van der Waals surface area contributed by atoms with Gasteiger partial charge in [0.25, 0.3) is 5.91 Å². The molecular formula is C22H20N6OS. The number of imidazole rings is 1. The second-order valence-electron chi connectivity index (χ2n) is 7.47. The fourth-order valence-electron chi connectivity index (χ4n) is 3.49. The first-order chi connectivity index (χ1) is 14.5. The maximum absolute atomic E-state index is 12.9. The molecule has 150 valence electrons. The van der Waals surface area contributed by atoms with Gasteiger partial charge in [0, 0.05) is 17.1 Å². The monoisotopic (exact) mass is 416 g/mol. The number of carbonyl (C=O) groups is 1. The molecule has 0 aliphatic carbocycles. The van der Waals surface area contributed by atoms with E-state index in [0.717, 1.165) is 32.8 Å². The third-order valence-corrected chi connectivity index (χ3v) is 5.86. The van der Waals surface area contributed by atoms with Crippen LogP contribution in [-0.4, -0.2) is 30.6 Å². The average Bonchev–Trinajstić information content (AvgIpc) is 3.45. The summed E-state index contributed by atoms with van der Waals surface area (Å²) in [5.74, 6) is 0.632. The largest absolute Gasteiger partial charge is 0.337 e. The summed E-state index contributed by atoms with van der Waals surface area (Å²) in [5.41, 5.74) is 4.43. The van der Waals surface area contributed by atoms with Crippen molar-refractivity contribution >= 4 is 45.0 Å². The van der Waals surface area contributed by atoms with Crippen molar-refractivity contribution in [3.8, 4) is 10.7 Å². The molecule has 0 aliphatic heterocycles.